The van der Waals surface area contributed by atoms with Crippen molar-refractivity contribution in [3.8, 4) is 11.8 Å². The molecule has 0 aromatic carbocycles. The van der Waals surface area contributed by atoms with Crippen molar-refractivity contribution in [3.63, 3.8) is 0 Å². The second kappa shape index (κ2) is 6.45. The van der Waals surface area contributed by atoms with Gasteiger partial charge in [-0.25, -0.2) is 15.0 Å². The standard InChI is InChI=1S/C14H19N5O2S/c1-9-3-10(21-13-4-12(20-2)17-8-18-13)6-19(9)7-11-5-16-14(15)22-11/h4-5,8-10H,3,6-7H2,1-2H3,(H2,15,16)/t9-,10+/m0/s1/i5D. The van der Waals surface area contributed by atoms with Crippen LogP contribution in [-0.4, -0.2) is 45.7 Å². The van der Waals surface area contributed by atoms with Gasteiger partial charge in [0.1, 0.15) is 12.4 Å². The molecule has 2 atom stereocenters. The van der Waals surface area contributed by atoms with Gasteiger partial charge in [0.15, 0.2) is 5.13 Å². The molecule has 0 aliphatic carbocycles. The number of aromatic nitrogens is 3. The van der Waals surface area contributed by atoms with Crippen molar-refractivity contribution >= 4 is 16.5 Å². The van der Waals surface area contributed by atoms with Gasteiger partial charge >= 0.3 is 0 Å². The summed E-state index contributed by atoms with van der Waals surface area (Å²) in [5.41, 5.74) is 5.66. The Morgan fingerprint density at radius 1 is 1.45 bits per heavy atom. The van der Waals surface area contributed by atoms with Crippen LogP contribution >= 0.6 is 11.3 Å². The molecule has 118 valence electrons. The van der Waals surface area contributed by atoms with E-state index in [4.69, 9.17) is 16.6 Å². The zero-order valence-corrected chi connectivity index (χ0v) is 13.3. The molecule has 1 saturated heterocycles. The fraction of sp³-hybridized carbons (Fsp3) is 0.500. The van der Waals surface area contributed by atoms with Crippen LogP contribution in [0.3, 0.4) is 0 Å². The maximum atomic E-state index is 7.83. The topological polar surface area (TPSA) is 86.4 Å². The fourth-order valence-electron chi connectivity index (χ4n) is 2.56. The van der Waals surface area contributed by atoms with Gasteiger partial charge in [-0.05, 0) is 6.92 Å². The minimum Gasteiger partial charge on any atom is -0.481 e. The highest BCUT2D eigenvalue weighted by molar-refractivity contribution is 7.15. The van der Waals surface area contributed by atoms with Crippen molar-refractivity contribution in [2.24, 2.45) is 0 Å². The third-order valence-electron chi connectivity index (χ3n) is 3.64. The third kappa shape index (κ3) is 3.45. The molecule has 0 radical (unpaired) electrons. The summed E-state index contributed by atoms with van der Waals surface area (Å²) in [6, 6.07) is 2.03. The molecule has 2 aromatic heterocycles. The van der Waals surface area contributed by atoms with Crippen molar-refractivity contribution < 1.29 is 10.8 Å². The summed E-state index contributed by atoms with van der Waals surface area (Å²) in [5.74, 6) is 0.996. The number of nitrogens with zero attached hydrogens (tertiary/aromatic N) is 4. The lowest BCUT2D eigenvalue weighted by Gasteiger charge is -2.19. The predicted molar refractivity (Wildman–Crippen MR) is 84.0 cm³/mol. The van der Waals surface area contributed by atoms with E-state index >= 15 is 0 Å². The van der Waals surface area contributed by atoms with Gasteiger partial charge in [-0.2, -0.15) is 0 Å². The number of methoxy groups -OCH3 is 1. The van der Waals surface area contributed by atoms with Crippen LogP contribution in [0.5, 0.6) is 11.8 Å². The summed E-state index contributed by atoms with van der Waals surface area (Å²) in [5, 5.41) is 0.442. The van der Waals surface area contributed by atoms with E-state index in [1.165, 1.54) is 17.7 Å². The average Bonchev–Trinajstić information content (AvgIpc) is 3.02. The number of hydrogen-bond acceptors (Lipinski definition) is 8. The van der Waals surface area contributed by atoms with E-state index in [1.54, 1.807) is 13.2 Å². The lowest BCUT2D eigenvalue weighted by Crippen LogP contribution is -2.27. The van der Waals surface area contributed by atoms with Crippen molar-refractivity contribution in [3.05, 3.63) is 23.4 Å². The monoisotopic (exact) mass is 322 g/mol. The second-order valence-corrected chi connectivity index (χ2v) is 6.35. The van der Waals surface area contributed by atoms with E-state index in [2.05, 4.69) is 26.8 Å². The molecule has 0 amide bonds. The lowest BCUT2D eigenvalue weighted by molar-refractivity contribution is 0.188. The number of nitrogens with two attached hydrogens (primary N) is 1. The zero-order chi connectivity index (χ0) is 16.4. The van der Waals surface area contributed by atoms with Crippen LogP contribution in [0.25, 0.3) is 0 Å². The Kier molecular flexibility index (Phi) is 4.02. The summed E-state index contributed by atoms with van der Waals surface area (Å²) < 4.78 is 18.8. The Hall–Kier alpha value is -1.93. The van der Waals surface area contributed by atoms with E-state index in [9.17, 15) is 0 Å². The molecule has 3 heterocycles. The van der Waals surface area contributed by atoms with E-state index in [0.29, 0.717) is 29.5 Å². The summed E-state index contributed by atoms with van der Waals surface area (Å²) in [6.07, 6.45) is 2.64. The molecule has 0 bridgehead atoms. The molecular formula is C14H19N5O2S. The van der Waals surface area contributed by atoms with Crippen LogP contribution in [0.15, 0.2) is 18.6 Å². The van der Waals surface area contributed by atoms with Crippen LogP contribution in [0.1, 0.15) is 19.6 Å². The minimum atomic E-state index is 0.0454. The lowest BCUT2D eigenvalue weighted by atomic mass is 10.2. The van der Waals surface area contributed by atoms with E-state index in [1.807, 2.05) is 0 Å². The molecule has 1 aliphatic heterocycles. The first-order chi connectivity index (χ1) is 11.0. The van der Waals surface area contributed by atoms with Gasteiger partial charge in [-0.15, -0.1) is 11.3 Å². The number of rotatable bonds is 5. The molecule has 2 N–H and O–H groups in total. The van der Waals surface area contributed by atoms with Crippen LogP contribution in [0.4, 0.5) is 5.13 Å². The predicted octanol–water partition coefficient (Wildman–Crippen LogP) is 1.57. The molecule has 22 heavy (non-hydrogen) atoms. The van der Waals surface area contributed by atoms with Crippen molar-refractivity contribution in [2.75, 3.05) is 19.4 Å². The maximum Gasteiger partial charge on any atom is 0.220 e. The summed E-state index contributed by atoms with van der Waals surface area (Å²) in [6.45, 7) is 3.59. The number of thiazole rings is 1. The van der Waals surface area contributed by atoms with Gasteiger partial charge in [0.05, 0.1) is 14.5 Å². The smallest absolute Gasteiger partial charge is 0.220 e. The maximum absolute atomic E-state index is 7.83. The van der Waals surface area contributed by atoms with Gasteiger partial charge < -0.3 is 15.2 Å². The number of hydrogen-bond donors (Lipinski definition) is 1. The van der Waals surface area contributed by atoms with Gasteiger partial charge in [-0.1, -0.05) is 0 Å². The Morgan fingerprint density at radius 2 is 2.27 bits per heavy atom. The molecular weight excluding hydrogens is 302 g/mol. The molecule has 1 aliphatic rings. The van der Waals surface area contributed by atoms with E-state index < -0.39 is 0 Å². The van der Waals surface area contributed by atoms with Gasteiger partial charge in [0, 0.05) is 36.6 Å². The van der Waals surface area contributed by atoms with Crippen LogP contribution < -0.4 is 15.2 Å². The van der Waals surface area contributed by atoms with Crippen molar-refractivity contribution in [2.45, 2.75) is 32.0 Å². The van der Waals surface area contributed by atoms with Crippen LogP contribution in [-0.2, 0) is 6.54 Å². The molecule has 1 fully saturated rings. The van der Waals surface area contributed by atoms with Gasteiger partial charge in [0.25, 0.3) is 0 Å². The molecule has 2 aromatic rings. The summed E-state index contributed by atoms with van der Waals surface area (Å²) in [7, 11) is 1.56. The van der Waals surface area contributed by atoms with Gasteiger partial charge in [0.2, 0.25) is 11.8 Å². The Bertz CT molecular complexity index is 683. The molecule has 0 unspecified atom stereocenters. The molecule has 3 rings (SSSR count). The fourth-order valence-corrected chi connectivity index (χ4v) is 3.23. The number of likely N-dealkylation sites (tertiary alicyclic amines) is 1. The highest BCUT2D eigenvalue weighted by atomic mass is 32.1. The SMILES string of the molecule is [2H]c1nc(N)sc1CN1C[C@H](Oc2cc(OC)ncn2)C[C@@H]1C. The molecule has 8 heteroatoms. The van der Waals surface area contributed by atoms with Crippen LogP contribution in [0.2, 0.25) is 0 Å². The second-order valence-electron chi connectivity index (χ2n) is 5.24. The Balaban J connectivity index is 1.62. The van der Waals surface area contributed by atoms with E-state index in [0.717, 1.165) is 17.8 Å². The first kappa shape index (κ1) is 13.7. The third-order valence-corrected chi connectivity index (χ3v) is 4.41. The van der Waals surface area contributed by atoms with E-state index in [-0.39, 0.29) is 12.3 Å². The first-order valence-electron chi connectivity index (χ1n) is 7.53. The number of anilines is 1. The zero-order valence-electron chi connectivity index (χ0n) is 13.5. The minimum absolute atomic E-state index is 0.0454. The molecule has 0 spiro atoms. The van der Waals surface area contributed by atoms with Crippen molar-refractivity contribution in [1.82, 2.24) is 19.9 Å². The highest BCUT2D eigenvalue weighted by Gasteiger charge is 2.31. The Morgan fingerprint density at radius 3 is 3.00 bits per heavy atom. The van der Waals surface area contributed by atoms with Crippen LogP contribution in [0, 0.1) is 0 Å². The quantitative estimate of drug-likeness (QED) is 0.894. The van der Waals surface area contributed by atoms with Gasteiger partial charge in [-0.3, -0.25) is 4.90 Å². The number of ether oxygens (including phenoxy) is 2. The largest absolute Gasteiger partial charge is 0.481 e. The molecule has 7 nitrogen and oxygen atoms in total. The Labute approximate surface area is 134 Å². The normalized spacial score (nSPS) is 22.5. The highest BCUT2D eigenvalue weighted by Crippen LogP contribution is 2.26. The average molecular weight is 322 g/mol. The van der Waals surface area contributed by atoms with Crippen molar-refractivity contribution in [1.29, 1.82) is 0 Å². The molecule has 0 saturated carbocycles. The number of nitrogen functional groups attached to an aromatic ring is 1. The first-order valence-corrected chi connectivity index (χ1v) is 7.85. The summed E-state index contributed by atoms with van der Waals surface area (Å²) in [4.78, 5) is 15.2. The summed E-state index contributed by atoms with van der Waals surface area (Å²) >= 11 is 1.37.